The highest BCUT2D eigenvalue weighted by atomic mass is 28.3. The van der Waals surface area contributed by atoms with E-state index in [4.69, 9.17) is 0 Å². The second kappa shape index (κ2) is 2.98. The fourth-order valence-electron chi connectivity index (χ4n) is 1.35. The van der Waals surface area contributed by atoms with Gasteiger partial charge in [0.15, 0.2) is 0 Å². The fraction of sp³-hybridized carbons (Fsp3) is 0.600. The van der Waals surface area contributed by atoms with E-state index in [0.717, 1.165) is 0 Å². The van der Waals surface area contributed by atoms with Crippen molar-refractivity contribution >= 4 is 8.07 Å². The van der Waals surface area contributed by atoms with Gasteiger partial charge >= 0.3 is 0 Å². The summed E-state index contributed by atoms with van der Waals surface area (Å²) in [4.78, 5) is 0. The van der Waals surface area contributed by atoms with Gasteiger partial charge in [-0.1, -0.05) is 42.6 Å². The van der Waals surface area contributed by atoms with Crippen LogP contribution in [0.2, 0.25) is 19.6 Å². The number of allylic oxidation sites excluding steroid dienone is 4. The first kappa shape index (κ1) is 8.79. The van der Waals surface area contributed by atoms with Gasteiger partial charge in [0.2, 0.25) is 0 Å². The molecule has 0 saturated heterocycles. The molecule has 0 saturated carbocycles. The standard InChI is InChI=1S/C10H18Si/c1-9-5-7-10(8-6-9)11(2,3)4/h5,8H,6-7H2,1-4H3. The van der Waals surface area contributed by atoms with Gasteiger partial charge in [0.05, 0.1) is 8.07 Å². The third-order valence-electron chi connectivity index (χ3n) is 2.30. The Labute approximate surface area is 71.0 Å². The predicted octanol–water partition coefficient (Wildman–Crippen LogP) is 3.53. The predicted molar refractivity (Wildman–Crippen MR) is 54.4 cm³/mol. The highest BCUT2D eigenvalue weighted by Crippen LogP contribution is 2.24. The van der Waals surface area contributed by atoms with Crippen LogP contribution in [0, 0.1) is 0 Å². The van der Waals surface area contributed by atoms with Gasteiger partial charge in [0, 0.05) is 0 Å². The molecule has 1 rings (SSSR count). The Hall–Kier alpha value is -0.303. The summed E-state index contributed by atoms with van der Waals surface area (Å²) in [5.74, 6) is 0. The van der Waals surface area contributed by atoms with Gasteiger partial charge in [-0.25, -0.2) is 0 Å². The molecule has 0 radical (unpaired) electrons. The summed E-state index contributed by atoms with van der Waals surface area (Å²) in [5.41, 5.74) is 1.53. The highest BCUT2D eigenvalue weighted by molar-refractivity contribution is 6.83. The first-order valence-electron chi connectivity index (χ1n) is 4.35. The van der Waals surface area contributed by atoms with Gasteiger partial charge in [-0.15, -0.1) is 0 Å². The second-order valence-electron chi connectivity index (χ2n) is 4.44. The quantitative estimate of drug-likeness (QED) is 0.413. The van der Waals surface area contributed by atoms with Crippen molar-refractivity contribution in [3.05, 3.63) is 22.9 Å². The van der Waals surface area contributed by atoms with Crippen molar-refractivity contribution in [1.29, 1.82) is 0 Å². The normalized spacial score (nSPS) is 19.3. The molecular weight excluding hydrogens is 148 g/mol. The van der Waals surface area contributed by atoms with Crippen LogP contribution in [0.15, 0.2) is 22.9 Å². The first-order valence-corrected chi connectivity index (χ1v) is 7.85. The van der Waals surface area contributed by atoms with Crippen LogP contribution in [0.25, 0.3) is 0 Å². The molecule has 0 fully saturated rings. The molecule has 0 N–H and O–H groups in total. The number of hydrogen-bond acceptors (Lipinski definition) is 0. The van der Waals surface area contributed by atoms with Crippen molar-refractivity contribution in [3.8, 4) is 0 Å². The topological polar surface area (TPSA) is 0 Å². The maximum Gasteiger partial charge on any atom is 0.0724 e. The number of rotatable bonds is 1. The summed E-state index contributed by atoms with van der Waals surface area (Å²) < 4.78 is 0. The van der Waals surface area contributed by atoms with Crippen molar-refractivity contribution in [2.24, 2.45) is 0 Å². The van der Waals surface area contributed by atoms with Gasteiger partial charge in [-0.3, -0.25) is 0 Å². The van der Waals surface area contributed by atoms with E-state index in [2.05, 4.69) is 38.7 Å². The lowest BCUT2D eigenvalue weighted by atomic mass is 10.1. The van der Waals surface area contributed by atoms with Gasteiger partial charge in [-0.05, 0) is 19.8 Å². The van der Waals surface area contributed by atoms with E-state index in [1.165, 1.54) is 18.4 Å². The summed E-state index contributed by atoms with van der Waals surface area (Å²) >= 11 is 0. The molecule has 1 heteroatoms. The third-order valence-corrected chi connectivity index (χ3v) is 4.64. The molecule has 0 amide bonds. The lowest BCUT2D eigenvalue weighted by Gasteiger charge is -2.22. The minimum atomic E-state index is -0.969. The van der Waals surface area contributed by atoms with Crippen LogP contribution in [0.4, 0.5) is 0 Å². The van der Waals surface area contributed by atoms with Gasteiger partial charge < -0.3 is 0 Å². The molecule has 0 spiro atoms. The number of hydrogen-bond donors (Lipinski definition) is 0. The molecule has 0 aromatic heterocycles. The average molecular weight is 166 g/mol. The Morgan fingerprint density at radius 3 is 2.09 bits per heavy atom. The van der Waals surface area contributed by atoms with Crippen LogP contribution in [0.1, 0.15) is 19.8 Å². The first-order chi connectivity index (χ1) is 5.00. The Kier molecular flexibility index (Phi) is 2.38. The van der Waals surface area contributed by atoms with Gasteiger partial charge in [-0.2, -0.15) is 0 Å². The summed E-state index contributed by atoms with van der Waals surface area (Å²) in [6.45, 7) is 9.49. The van der Waals surface area contributed by atoms with E-state index < -0.39 is 8.07 Å². The molecule has 62 valence electrons. The largest absolute Gasteiger partial charge is 0.0848 e. The summed E-state index contributed by atoms with van der Waals surface area (Å²) in [7, 11) is -0.969. The third kappa shape index (κ3) is 2.33. The molecule has 0 aromatic rings. The maximum absolute atomic E-state index is 2.45. The Morgan fingerprint density at radius 2 is 1.73 bits per heavy atom. The van der Waals surface area contributed by atoms with E-state index in [1.54, 1.807) is 5.20 Å². The van der Waals surface area contributed by atoms with Crippen molar-refractivity contribution < 1.29 is 0 Å². The van der Waals surface area contributed by atoms with E-state index in [-0.39, 0.29) is 0 Å². The van der Waals surface area contributed by atoms with E-state index in [9.17, 15) is 0 Å². The highest BCUT2D eigenvalue weighted by Gasteiger charge is 2.19. The van der Waals surface area contributed by atoms with Crippen LogP contribution >= 0.6 is 0 Å². The fourth-order valence-corrected chi connectivity index (χ4v) is 2.78. The molecule has 1 aliphatic rings. The summed E-state index contributed by atoms with van der Waals surface area (Å²) in [5, 5.41) is 1.73. The van der Waals surface area contributed by atoms with E-state index >= 15 is 0 Å². The van der Waals surface area contributed by atoms with Gasteiger partial charge in [0.1, 0.15) is 0 Å². The van der Waals surface area contributed by atoms with E-state index in [1.807, 2.05) is 0 Å². The molecule has 0 unspecified atom stereocenters. The van der Waals surface area contributed by atoms with Crippen LogP contribution < -0.4 is 0 Å². The maximum atomic E-state index is 2.45. The Bertz CT molecular complexity index is 203. The zero-order valence-electron chi connectivity index (χ0n) is 8.07. The lowest BCUT2D eigenvalue weighted by molar-refractivity contribution is 1.09. The SMILES string of the molecule is CC1=CCC([Si](C)(C)C)=CC1. The molecule has 0 nitrogen and oxygen atoms in total. The molecule has 11 heavy (non-hydrogen) atoms. The van der Waals surface area contributed by atoms with Crippen molar-refractivity contribution in [2.45, 2.75) is 39.4 Å². The smallest absolute Gasteiger partial charge is 0.0724 e. The minimum Gasteiger partial charge on any atom is -0.0848 e. The van der Waals surface area contributed by atoms with E-state index in [0.29, 0.717) is 0 Å². The summed E-state index contributed by atoms with van der Waals surface area (Å²) in [6, 6.07) is 0. The van der Waals surface area contributed by atoms with Crippen molar-refractivity contribution in [2.75, 3.05) is 0 Å². The second-order valence-corrected chi connectivity index (χ2v) is 9.58. The van der Waals surface area contributed by atoms with Crippen LogP contribution in [-0.4, -0.2) is 8.07 Å². The molecule has 0 atom stereocenters. The lowest BCUT2D eigenvalue weighted by Crippen LogP contribution is -2.24. The zero-order chi connectivity index (χ0) is 8.48. The zero-order valence-corrected chi connectivity index (χ0v) is 9.07. The average Bonchev–Trinajstić information content (AvgIpc) is 1.86. The van der Waals surface area contributed by atoms with Crippen molar-refractivity contribution in [1.82, 2.24) is 0 Å². The Balaban J connectivity index is 2.66. The van der Waals surface area contributed by atoms with Crippen molar-refractivity contribution in [3.63, 3.8) is 0 Å². The Morgan fingerprint density at radius 1 is 1.09 bits per heavy atom. The molecule has 1 aliphatic carbocycles. The van der Waals surface area contributed by atoms with Gasteiger partial charge in [0.25, 0.3) is 0 Å². The molecule has 0 aliphatic heterocycles. The molecular formula is C10H18Si. The monoisotopic (exact) mass is 166 g/mol. The molecule has 0 bridgehead atoms. The van der Waals surface area contributed by atoms with Crippen LogP contribution in [-0.2, 0) is 0 Å². The minimum absolute atomic E-state index is 0.969. The molecule has 0 aromatic carbocycles. The summed E-state index contributed by atoms with van der Waals surface area (Å²) in [6.07, 6.45) is 7.25. The molecule has 0 heterocycles. The van der Waals surface area contributed by atoms with Crippen LogP contribution in [0.3, 0.4) is 0 Å². The van der Waals surface area contributed by atoms with Crippen LogP contribution in [0.5, 0.6) is 0 Å².